The van der Waals surface area contributed by atoms with E-state index in [1.807, 2.05) is 0 Å². The van der Waals surface area contributed by atoms with Gasteiger partial charge >= 0.3 is 27.3 Å². The third-order valence-electron chi connectivity index (χ3n) is 2.26. The van der Waals surface area contributed by atoms with Crippen molar-refractivity contribution in [3.05, 3.63) is 48.5 Å². The summed E-state index contributed by atoms with van der Waals surface area (Å²) in [6, 6.07) is 9.89. The second kappa shape index (κ2) is 8.58. The summed E-state index contributed by atoms with van der Waals surface area (Å²) in [5, 5.41) is 19.6. The Bertz CT molecular complexity index is 789. The molecule has 0 amide bonds. The van der Waals surface area contributed by atoms with E-state index in [1.165, 1.54) is 30.3 Å². The number of hydrogen-bond acceptors (Lipinski definition) is 7. The van der Waals surface area contributed by atoms with Gasteiger partial charge in [-0.05, 0) is 18.2 Å². The summed E-state index contributed by atoms with van der Waals surface area (Å²) in [7, 11) is -8.88. The number of benzene rings is 2. The minimum atomic E-state index is -4.60. The Kier molecular flexibility index (Phi) is 8.13. The van der Waals surface area contributed by atoms with Gasteiger partial charge in [0.15, 0.2) is 0 Å². The molecule has 0 atom stereocenters. The van der Waals surface area contributed by atoms with Crippen LogP contribution in [0.4, 0.5) is 0 Å². The quantitative estimate of drug-likeness (QED) is 0.387. The molecular weight excluding hydrogens is 543 g/mol. The molecule has 2 radical (unpaired) electrons. The molecule has 2 aromatic rings. The van der Waals surface area contributed by atoms with Crippen LogP contribution in [0.5, 0.6) is 11.5 Å². The molecule has 0 saturated carbocycles. The molecule has 122 valence electrons. The summed E-state index contributed by atoms with van der Waals surface area (Å²) in [5.41, 5.74) is 0. The van der Waals surface area contributed by atoms with E-state index in [2.05, 4.69) is 0 Å². The predicted molar refractivity (Wildman–Crippen MR) is 77.5 cm³/mol. The van der Waals surface area contributed by atoms with E-state index >= 15 is 0 Å². The van der Waals surface area contributed by atoms with E-state index in [1.54, 1.807) is 0 Å². The molecule has 2 N–H and O–H groups in total. The summed E-state index contributed by atoms with van der Waals surface area (Å²) >= 11 is 0. The zero-order valence-corrected chi connectivity index (χ0v) is 16.8. The van der Waals surface area contributed by atoms with Gasteiger partial charge < -0.3 is 14.8 Å². The first-order valence-electron chi connectivity index (χ1n) is 5.51. The minimum Gasteiger partial charge on any atom is -0.872 e. The first-order chi connectivity index (χ1) is 10.0. The molecular formula is C12H10O8PbS2. The molecule has 0 heterocycles. The number of para-hydroxylation sites is 2. The number of phenols is 1. The van der Waals surface area contributed by atoms with Crippen molar-refractivity contribution < 1.29 is 36.2 Å². The molecule has 0 aliphatic carbocycles. The number of aromatic hydroxyl groups is 1. The van der Waals surface area contributed by atoms with Crippen molar-refractivity contribution in [2.45, 2.75) is 9.79 Å². The molecule has 0 spiro atoms. The molecule has 0 fully saturated rings. The van der Waals surface area contributed by atoms with E-state index in [0.29, 0.717) is 0 Å². The minimum absolute atomic E-state index is 0. The Labute approximate surface area is 153 Å². The maximum absolute atomic E-state index is 10.7. The smallest absolute Gasteiger partial charge is 0.872 e. The van der Waals surface area contributed by atoms with Crippen molar-refractivity contribution in [3.63, 3.8) is 0 Å². The molecule has 23 heavy (non-hydrogen) atoms. The van der Waals surface area contributed by atoms with Gasteiger partial charge in [0.05, 0.1) is 0 Å². The Morgan fingerprint density at radius 2 is 1.26 bits per heavy atom. The molecule has 0 aliphatic rings. The van der Waals surface area contributed by atoms with Crippen LogP contribution in [0.15, 0.2) is 58.3 Å². The Morgan fingerprint density at radius 3 is 1.57 bits per heavy atom. The monoisotopic (exact) mass is 554 g/mol. The molecule has 2 rings (SSSR count). The molecule has 0 bridgehead atoms. The van der Waals surface area contributed by atoms with E-state index in [9.17, 15) is 26.5 Å². The van der Waals surface area contributed by atoms with Crippen molar-refractivity contribution in [3.8, 4) is 11.5 Å². The Balaban J connectivity index is 0.000000403. The zero-order chi connectivity index (χ0) is 17.0. The normalized spacial score (nSPS) is 10.9. The van der Waals surface area contributed by atoms with Crippen LogP contribution in [0.2, 0.25) is 0 Å². The Morgan fingerprint density at radius 1 is 0.826 bits per heavy atom. The third kappa shape index (κ3) is 6.82. The van der Waals surface area contributed by atoms with Gasteiger partial charge in [-0.15, -0.1) is 0 Å². The van der Waals surface area contributed by atoms with Gasteiger partial charge in [0, 0.05) is 4.90 Å². The average Bonchev–Trinajstić information content (AvgIpc) is 2.37. The fourth-order valence-electron chi connectivity index (χ4n) is 1.33. The van der Waals surface area contributed by atoms with Crippen LogP contribution in [0.3, 0.4) is 0 Å². The van der Waals surface area contributed by atoms with Crippen LogP contribution in [-0.4, -0.2) is 58.3 Å². The van der Waals surface area contributed by atoms with Crippen LogP contribution in [0, 0.1) is 0 Å². The number of hydrogen-bond donors (Lipinski definition) is 2. The van der Waals surface area contributed by atoms with Crippen LogP contribution in [-0.2, 0) is 20.2 Å². The molecule has 8 nitrogen and oxygen atoms in total. The van der Waals surface area contributed by atoms with Crippen molar-refractivity contribution in [2.75, 3.05) is 0 Å². The second-order valence-corrected chi connectivity index (χ2v) is 6.58. The standard InChI is InChI=1S/2C6H6O4S.Pb/c2*7-5-3-1-2-4-6(5)11(8,9)10;/h2*1-4,7H,(H,8,9,10);/q;;+2/p-2. The molecule has 0 aromatic heterocycles. The average molecular weight is 554 g/mol. The topological polar surface area (TPSA) is 155 Å². The maximum atomic E-state index is 10.7. The van der Waals surface area contributed by atoms with Crippen LogP contribution < -0.4 is 5.11 Å². The van der Waals surface area contributed by atoms with E-state index in [-0.39, 0.29) is 27.3 Å². The third-order valence-corrected chi connectivity index (χ3v) is 4.04. The molecule has 2 aromatic carbocycles. The number of phenolic OH excluding ortho intramolecular Hbond substituents is 1. The van der Waals surface area contributed by atoms with Crippen LogP contribution in [0.1, 0.15) is 0 Å². The van der Waals surface area contributed by atoms with Crippen molar-refractivity contribution in [1.29, 1.82) is 0 Å². The van der Waals surface area contributed by atoms with Gasteiger partial charge in [-0.3, -0.25) is 4.55 Å². The molecule has 0 aliphatic heterocycles. The largest absolute Gasteiger partial charge is 2.00 e. The molecule has 0 unspecified atom stereocenters. The van der Waals surface area contributed by atoms with E-state index in [0.717, 1.165) is 18.2 Å². The fourth-order valence-corrected chi connectivity index (χ4v) is 2.47. The molecule has 0 saturated heterocycles. The van der Waals surface area contributed by atoms with Gasteiger partial charge in [0.1, 0.15) is 20.8 Å². The van der Waals surface area contributed by atoms with Gasteiger partial charge in [-0.25, -0.2) is 8.42 Å². The van der Waals surface area contributed by atoms with Gasteiger partial charge in [0.25, 0.3) is 10.1 Å². The van der Waals surface area contributed by atoms with Crippen LogP contribution in [0.25, 0.3) is 0 Å². The predicted octanol–water partition coefficient (Wildman–Crippen LogP) is -0.0776. The van der Waals surface area contributed by atoms with E-state index in [4.69, 9.17) is 9.66 Å². The Hall–Kier alpha value is -1.22. The summed E-state index contributed by atoms with van der Waals surface area (Å²) < 4.78 is 60.3. The second-order valence-electron chi connectivity index (χ2n) is 3.84. The summed E-state index contributed by atoms with van der Waals surface area (Å²) in [6.45, 7) is 0. The van der Waals surface area contributed by atoms with Crippen molar-refractivity contribution in [1.82, 2.24) is 0 Å². The van der Waals surface area contributed by atoms with Crippen molar-refractivity contribution in [2.24, 2.45) is 0 Å². The SMILES string of the molecule is O=S(=O)(O)c1ccccc1O.O=S(=O)([O-])c1ccccc1[O-].[Pb+2]. The van der Waals surface area contributed by atoms with Gasteiger partial charge in [-0.2, -0.15) is 8.42 Å². The van der Waals surface area contributed by atoms with Gasteiger partial charge in [-0.1, -0.05) is 36.1 Å². The molecule has 11 heteroatoms. The maximum Gasteiger partial charge on any atom is 2.00 e. The summed E-state index contributed by atoms with van der Waals surface area (Å²) in [5.74, 6) is -1.21. The zero-order valence-electron chi connectivity index (χ0n) is 11.3. The first kappa shape index (κ1) is 21.8. The van der Waals surface area contributed by atoms with Crippen LogP contribution >= 0.6 is 0 Å². The van der Waals surface area contributed by atoms with Crippen molar-refractivity contribution >= 4 is 47.5 Å². The number of rotatable bonds is 2. The first-order valence-corrected chi connectivity index (χ1v) is 8.35. The van der Waals surface area contributed by atoms with E-state index < -0.39 is 41.5 Å². The summed E-state index contributed by atoms with van der Waals surface area (Å²) in [4.78, 5) is -1.17. The van der Waals surface area contributed by atoms with Gasteiger partial charge in [0.2, 0.25) is 0 Å². The summed E-state index contributed by atoms with van der Waals surface area (Å²) in [6.07, 6.45) is 0. The fraction of sp³-hybridized carbons (Fsp3) is 0.